The Hall–Kier alpha value is -4.05. The van der Waals surface area contributed by atoms with Crippen molar-refractivity contribution in [3.8, 4) is 0 Å². The van der Waals surface area contributed by atoms with Gasteiger partial charge in [0.1, 0.15) is 5.82 Å². The van der Waals surface area contributed by atoms with Crippen LogP contribution < -0.4 is 4.31 Å². The van der Waals surface area contributed by atoms with Gasteiger partial charge in [-0.05, 0) is 41.0 Å². The molecule has 0 unspecified atom stereocenters. The molecule has 0 saturated carbocycles. The lowest BCUT2D eigenvalue weighted by Gasteiger charge is -2.39. The number of hydrogen-bond acceptors (Lipinski definition) is 4. The minimum atomic E-state index is -3.96. The van der Waals surface area contributed by atoms with Gasteiger partial charge in [0.05, 0.1) is 18.3 Å². The van der Waals surface area contributed by atoms with Crippen molar-refractivity contribution < 1.29 is 17.6 Å². The van der Waals surface area contributed by atoms with Crippen molar-refractivity contribution >= 4 is 21.8 Å². The third-order valence-electron chi connectivity index (χ3n) is 7.59. The molecule has 0 radical (unpaired) electrons. The normalized spacial score (nSPS) is 14.4. The molecular formula is C33H35FN4O3S. The Bertz CT molecular complexity index is 1550. The zero-order valence-electron chi connectivity index (χ0n) is 23.8. The van der Waals surface area contributed by atoms with Crippen LogP contribution >= 0.6 is 0 Å². The van der Waals surface area contributed by atoms with E-state index in [9.17, 15) is 17.6 Å². The molecule has 218 valence electrons. The fourth-order valence-electron chi connectivity index (χ4n) is 5.31. The van der Waals surface area contributed by atoms with Crippen molar-refractivity contribution in [1.82, 2.24) is 14.1 Å². The van der Waals surface area contributed by atoms with Crippen molar-refractivity contribution in [3.63, 3.8) is 0 Å². The third kappa shape index (κ3) is 6.38. The Kier molecular flexibility index (Phi) is 9.01. The molecule has 0 bridgehead atoms. The number of piperazine rings is 1. The maximum atomic E-state index is 14.6. The fraction of sp³-hybridized carbons (Fsp3) is 0.242. The summed E-state index contributed by atoms with van der Waals surface area (Å²) in [6.07, 6.45) is 0. The van der Waals surface area contributed by atoms with Crippen LogP contribution in [-0.2, 0) is 16.8 Å². The Morgan fingerprint density at radius 3 is 1.81 bits per heavy atom. The highest BCUT2D eigenvalue weighted by atomic mass is 32.2. The summed E-state index contributed by atoms with van der Waals surface area (Å²) >= 11 is 0. The van der Waals surface area contributed by atoms with E-state index < -0.39 is 16.0 Å². The van der Waals surface area contributed by atoms with Crippen LogP contribution in [0.2, 0.25) is 0 Å². The maximum absolute atomic E-state index is 14.6. The van der Waals surface area contributed by atoms with Crippen LogP contribution in [0.15, 0.2) is 109 Å². The highest BCUT2D eigenvalue weighted by molar-refractivity contribution is 7.90. The van der Waals surface area contributed by atoms with Gasteiger partial charge in [0.15, 0.2) is 0 Å². The van der Waals surface area contributed by atoms with E-state index >= 15 is 0 Å². The van der Waals surface area contributed by atoms with Crippen LogP contribution in [0.25, 0.3) is 0 Å². The van der Waals surface area contributed by atoms with Gasteiger partial charge in [-0.3, -0.25) is 14.0 Å². The molecule has 0 atom stereocenters. The van der Waals surface area contributed by atoms with E-state index in [0.717, 1.165) is 21.7 Å². The lowest BCUT2D eigenvalue weighted by molar-refractivity contribution is 0.0597. The summed E-state index contributed by atoms with van der Waals surface area (Å²) in [4.78, 5) is 17.7. The largest absolute Gasteiger partial charge is 0.336 e. The van der Waals surface area contributed by atoms with Crippen LogP contribution in [0.4, 0.5) is 10.1 Å². The summed E-state index contributed by atoms with van der Waals surface area (Å²) in [5, 5.41) is 0. The van der Waals surface area contributed by atoms with Crippen LogP contribution in [-0.4, -0.2) is 68.7 Å². The minimum absolute atomic E-state index is 0.0338. The summed E-state index contributed by atoms with van der Waals surface area (Å²) in [5.74, 6) is -0.695. The minimum Gasteiger partial charge on any atom is -0.336 e. The van der Waals surface area contributed by atoms with Gasteiger partial charge in [0, 0.05) is 45.8 Å². The van der Waals surface area contributed by atoms with Crippen LogP contribution in [0, 0.1) is 5.82 Å². The van der Waals surface area contributed by atoms with E-state index in [1.165, 1.54) is 43.4 Å². The number of hydrogen-bond donors (Lipinski definition) is 0. The van der Waals surface area contributed by atoms with E-state index in [-0.39, 0.29) is 24.2 Å². The number of anilines is 1. The SMILES string of the molecule is CN(C)S(=O)(=O)N(Cc1ccc(C(=O)N2CCN(C(c3ccccc3)c3ccccc3)CC2)cc1)c1ccccc1F. The molecule has 0 spiro atoms. The molecule has 1 heterocycles. The fourth-order valence-corrected chi connectivity index (χ4v) is 6.41. The van der Waals surface area contributed by atoms with Crippen molar-refractivity contribution in [2.75, 3.05) is 44.6 Å². The standard InChI is InChI=1S/C33H35FN4O3S/c1-35(2)42(40,41)38(31-16-10-9-15-30(31)34)25-26-17-19-29(20-18-26)33(39)37-23-21-36(22-24-37)32(27-11-5-3-6-12-27)28-13-7-4-8-14-28/h3-20,32H,21-25H2,1-2H3. The van der Waals surface area contributed by atoms with Crippen molar-refractivity contribution in [2.24, 2.45) is 0 Å². The monoisotopic (exact) mass is 586 g/mol. The number of rotatable bonds is 9. The lowest BCUT2D eigenvalue weighted by atomic mass is 9.96. The molecule has 4 aromatic carbocycles. The molecule has 4 aromatic rings. The second kappa shape index (κ2) is 12.9. The molecule has 1 saturated heterocycles. The highest BCUT2D eigenvalue weighted by Crippen LogP contribution is 2.30. The van der Waals surface area contributed by atoms with Gasteiger partial charge in [-0.2, -0.15) is 12.7 Å². The quantitative estimate of drug-likeness (QED) is 0.271. The number of benzene rings is 4. The number of amides is 1. The predicted molar refractivity (Wildman–Crippen MR) is 164 cm³/mol. The molecule has 42 heavy (non-hydrogen) atoms. The molecule has 7 nitrogen and oxygen atoms in total. The number of para-hydroxylation sites is 1. The van der Waals surface area contributed by atoms with Gasteiger partial charge in [-0.25, -0.2) is 4.39 Å². The molecule has 9 heteroatoms. The molecule has 5 rings (SSSR count). The van der Waals surface area contributed by atoms with Gasteiger partial charge < -0.3 is 4.90 Å². The smallest absolute Gasteiger partial charge is 0.303 e. The molecule has 1 fully saturated rings. The first-order valence-electron chi connectivity index (χ1n) is 13.9. The Balaban J connectivity index is 1.28. The van der Waals surface area contributed by atoms with Gasteiger partial charge >= 0.3 is 10.2 Å². The first-order chi connectivity index (χ1) is 20.3. The second-order valence-corrected chi connectivity index (χ2v) is 12.6. The molecular weight excluding hydrogens is 551 g/mol. The maximum Gasteiger partial charge on any atom is 0.303 e. The zero-order chi connectivity index (χ0) is 29.7. The second-order valence-electron chi connectivity index (χ2n) is 10.5. The van der Waals surface area contributed by atoms with Crippen LogP contribution in [0.3, 0.4) is 0 Å². The average Bonchev–Trinajstić information content (AvgIpc) is 3.02. The molecule has 1 aliphatic heterocycles. The van der Waals surface area contributed by atoms with E-state index in [1.807, 2.05) is 17.0 Å². The summed E-state index contributed by atoms with van der Waals surface area (Å²) in [6, 6.07) is 33.6. The average molecular weight is 587 g/mol. The molecule has 0 N–H and O–H groups in total. The number of nitrogens with zero attached hydrogens (tertiary/aromatic N) is 4. The van der Waals surface area contributed by atoms with Gasteiger partial charge in [-0.1, -0.05) is 84.9 Å². The summed E-state index contributed by atoms with van der Waals surface area (Å²) in [7, 11) is -1.14. The Morgan fingerprint density at radius 2 is 1.29 bits per heavy atom. The molecule has 0 aliphatic carbocycles. The van der Waals surface area contributed by atoms with Crippen LogP contribution in [0.5, 0.6) is 0 Å². The Morgan fingerprint density at radius 1 is 0.762 bits per heavy atom. The van der Waals surface area contributed by atoms with Crippen LogP contribution in [0.1, 0.15) is 33.1 Å². The van der Waals surface area contributed by atoms with Gasteiger partial charge in [0.2, 0.25) is 0 Å². The highest BCUT2D eigenvalue weighted by Gasteiger charge is 2.30. The number of carbonyl (C=O) groups excluding carboxylic acids is 1. The summed E-state index contributed by atoms with van der Waals surface area (Å²) < 4.78 is 42.8. The molecule has 0 aromatic heterocycles. The number of carbonyl (C=O) groups is 1. The third-order valence-corrected chi connectivity index (χ3v) is 9.39. The van der Waals surface area contributed by atoms with E-state index in [0.29, 0.717) is 24.2 Å². The van der Waals surface area contributed by atoms with E-state index in [1.54, 1.807) is 30.3 Å². The summed E-state index contributed by atoms with van der Waals surface area (Å²) in [5.41, 5.74) is 3.58. The van der Waals surface area contributed by atoms with E-state index in [4.69, 9.17) is 0 Å². The molecule has 1 amide bonds. The predicted octanol–water partition coefficient (Wildman–Crippen LogP) is 5.19. The molecule has 1 aliphatic rings. The lowest BCUT2D eigenvalue weighted by Crippen LogP contribution is -2.49. The van der Waals surface area contributed by atoms with E-state index in [2.05, 4.69) is 53.4 Å². The van der Waals surface area contributed by atoms with Crippen molar-refractivity contribution in [3.05, 3.63) is 137 Å². The summed E-state index contributed by atoms with van der Waals surface area (Å²) in [6.45, 7) is 2.59. The van der Waals surface area contributed by atoms with Crippen molar-refractivity contribution in [1.29, 1.82) is 0 Å². The van der Waals surface area contributed by atoms with Gasteiger partial charge in [-0.15, -0.1) is 0 Å². The van der Waals surface area contributed by atoms with Crippen molar-refractivity contribution in [2.45, 2.75) is 12.6 Å². The zero-order valence-corrected chi connectivity index (χ0v) is 24.6. The Labute approximate surface area is 247 Å². The number of halogens is 1. The first kappa shape index (κ1) is 29.4. The first-order valence-corrected chi connectivity index (χ1v) is 15.3. The topological polar surface area (TPSA) is 64.2 Å². The van der Waals surface area contributed by atoms with Gasteiger partial charge in [0.25, 0.3) is 5.91 Å².